The van der Waals surface area contributed by atoms with Gasteiger partial charge in [-0.2, -0.15) is 0 Å². The van der Waals surface area contributed by atoms with Gasteiger partial charge in [0, 0.05) is 19.0 Å². The van der Waals surface area contributed by atoms with Crippen molar-refractivity contribution >= 4 is 18.0 Å². The molecule has 7 nitrogen and oxygen atoms in total. The summed E-state index contributed by atoms with van der Waals surface area (Å²) >= 11 is 0. The maximum atomic E-state index is 13.8. The summed E-state index contributed by atoms with van der Waals surface area (Å²) in [6.45, 7) is 4.58. The summed E-state index contributed by atoms with van der Waals surface area (Å²) in [5, 5.41) is 13.4. The summed E-state index contributed by atoms with van der Waals surface area (Å²) in [6.07, 6.45) is 3.05. The number of benzene rings is 4. The fourth-order valence-corrected chi connectivity index (χ4v) is 6.14. The first-order valence-corrected chi connectivity index (χ1v) is 16.0. The van der Waals surface area contributed by atoms with Gasteiger partial charge >= 0.3 is 18.0 Å². The van der Waals surface area contributed by atoms with Gasteiger partial charge in [-0.3, -0.25) is 4.79 Å². The van der Waals surface area contributed by atoms with Gasteiger partial charge in [0.2, 0.25) is 0 Å². The highest BCUT2D eigenvalue weighted by atomic mass is 16.5. The van der Waals surface area contributed by atoms with Gasteiger partial charge in [0.15, 0.2) is 0 Å². The van der Waals surface area contributed by atoms with Crippen molar-refractivity contribution in [3.05, 3.63) is 131 Å². The SMILES string of the molecule is CC(C)CN(CCC(=O)OCc1ccccc1)C(=O)N[C@H](C(=O)O)C(c1ccc(-c2ccccc2)cc1)c1ccc2c(c1)CCC2. The van der Waals surface area contributed by atoms with Crippen LogP contribution in [0.3, 0.4) is 0 Å². The predicted octanol–water partition coefficient (Wildman–Crippen LogP) is 7.23. The number of ether oxygens (including phenoxy) is 1. The molecule has 2 atom stereocenters. The number of amides is 2. The molecule has 4 aromatic carbocycles. The molecule has 0 fully saturated rings. The van der Waals surface area contributed by atoms with E-state index in [-0.39, 0.29) is 25.5 Å². The molecule has 1 aliphatic rings. The van der Waals surface area contributed by atoms with E-state index in [2.05, 4.69) is 17.4 Å². The second-order valence-electron chi connectivity index (χ2n) is 12.3. The van der Waals surface area contributed by atoms with Gasteiger partial charge in [0.1, 0.15) is 12.6 Å². The van der Waals surface area contributed by atoms with E-state index in [9.17, 15) is 19.5 Å². The molecular weight excluding hydrogens is 576 g/mol. The number of nitrogens with one attached hydrogen (secondary N) is 1. The van der Waals surface area contributed by atoms with Gasteiger partial charge in [-0.05, 0) is 64.1 Å². The molecule has 0 aromatic heterocycles. The van der Waals surface area contributed by atoms with E-state index in [1.165, 1.54) is 16.0 Å². The van der Waals surface area contributed by atoms with E-state index in [0.717, 1.165) is 47.1 Å². The maximum Gasteiger partial charge on any atom is 0.327 e. The molecule has 2 amide bonds. The molecule has 0 spiro atoms. The molecule has 1 aliphatic carbocycles. The predicted molar refractivity (Wildman–Crippen MR) is 179 cm³/mol. The summed E-state index contributed by atoms with van der Waals surface area (Å²) in [7, 11) is 0. The summed E-state index contributed by atoms with van der Waals surface area (Å²) in [5.41, 5.74) is 7.14. The van der Waals surface area contributed by atoms with E-state index >= 15 is 0 Å². The first-order chi connectivity index (χ1) is 22.3. The highest BCUT2D eigenvalue weighted by Crippen LogP contribution is 2.34. The van der Waals surface area contributed by atoms with Crippen LogP contribution in [0.25, 0.3) is 11.1 Å². The van der Waals surface area contributed by atoms with Crippen LogP contribution in [0.15, 0.2) is 103 Å². The lowest BCUT2D eigenvalue weighted by atomic mass is 9.83. The minimum Gasteiger partial charge on any atom is -0.480 e. The molecule has 2 N–H and O–H groups in total. The number of fused-ring (bicyclic) bond motifs is 1. The largest absolute Gasteiger partial charge is 0.480 e. The highest BCUT2D eigenvalue weighted by molar-refractivity contribution is 5.84. The average Bonchev–Trinajstić information content (AvgIpc) is 3.54. The van der Waals surface area contributed by atoms with E-state index < -0.39 is 29.9 Å². The first kappa shape index (κ1) is 32.5. The standard InChI is InChI=1S/C39H42N2O5/c1-27(2)25-41(23-22-35(42)46-26-28-10-5-3-6-11-28)39(45)40-37(38(43)44)36(34-21-18-30-14-9-15-33(30)24-34)32-19-16-31(17-20-32)29-12-7-4-8-13-29/h3-8,10-13,16-21,24,27,36-37H,9,14-15,22-23,25-26H2,1-2H3,(H,40,45)(H,43,44)/t36?,37-/m0/s1. The van der Waals surface area contributed by atoms with Crippen LogP contribution in [-0.2, 0) is 33.8 Å². The number of hydrogen-bond donors (Lipinski definition) is 2. The lowest BCUT2D eigenvalue weighted by Gasteiger charge is -2.30. The second-order valence-corrected chi connectivity index (χ2v) is 12.3. The van der Waals surface area contributed by atoms with Crippen molar-refractivity contribution in [2.75, 3.05) is 13.1 Å². The molecule has 0 heterocycles. The lowest BCUT2D eigenvalue weighted by molar-refractivity contribution is -0.145. The van der Waals surface area contributed by atoms with Crippen LogP contribution < -0.4 is 5.32 Å². The minimum atomic E-state index is -1.24. The van der Waals surface area contributed by atoms with Crippen LogP contribution in [0.1, 0.15) is 60.4 Å². The van der Waals surface area contributed by atoms with Crippen LogP contribution in [0.5, 0.6) is 0 Å². The van der Waals surface area contributed by atoms with Crippen molar-refractivity contribution in [2.24, 2.45) is 5.92 Å². The Hall–Kier alpha value is -4.91. The van der Waals surface area contributed by atoms with Gasteiger partial charge in [0.25, 0.3) is 0 Å². The topological polar surface area (TPSA) is 95.9 Å². The zero-order valence-electron chi connectivity index (χ0n) is 26.5. The number of nitrogens with zero attached hydrogens (tertiary/aromatic N) is 1. The first-order valence-electron chi connectivity index (χ1n) is 16.0. The van der Waals surface area contributed by atoms with Crippen LogP contribution in [0.4, 0.5) is 4.79 Å². The molecule has 46 heavy (non-hydrogen) atoms. The summed E-state index contributed by atoms with van der Waals surface area (Å²) in [5.74, 6) is -2.08. The molecule has 5 rings (SSSR count). The molecule has 4 aromatic rings. The number of hydrogen-bond acceptors (Lipinski definition) is 4. The number of aliphatic carboxylic acids is 1. The third kappa shape index (κ3) is 8.42. The molecule has 0 aliphatic heterocycles. The summed E-state index contributed by atoms with van der Waals surface area (Å²) in [6, 6.07) is 31.8. The quantitative estimate of drug-likeness (QED) is 0.154. The third-order valence-corrected chi connectivity index (χ3v) is 8.44. The molecule has 0 saturated heterocycles. The van der Waals surface area contributed by atoms with Crippen molar-refractivity contribution in [1.82, 2.24) is 10.2 Å². The van der Waals surface area contributed by atoms with Crippen LogP contribution >= 0.6 is 0 Å². The van der Waals surface area contributed by atoms with E-state index in [1.807, 2.05) is 105 Å². The number of carboxylic acids is 1. The zero-order valence-corrected chi connectivity index (χ0v) is 26.5. The van der Waals surface area contributed by atoms with Crippen molar-refractivity contribution < 1.29 is 24.2 Å². The maximum absolute atomic E-state index is 13.8. The summed E-state index contributed by atoms with van der Waals surface area (Å²) < 4.78 is 5.42. The highest BCUT2D eigenvalue weighted by Gasteiger charge is 2.34. The minimum absolute atomic E-state index is 0.0000888. The normalized spacial score (nSPS) is 13.5. The Bertz CT molecular complexity index is 1620. The Balaban J connectivity index is 1.38. The van der Waals surface area contributed by atoms with Crippen molar-refractivity contribution in [2.45, 2.75) is 58.1 Å². The van der Waals surface area contributed by atoms with Gasteiger partial charge in [-0.15, -0.1) is 0 Å². The number of rotatable bonds is 13. The average molecular weight is 619 g/mol. The molecular formula is C39H42N2O5. The smallest absolute Gasteiger partial charge is 0.327 e. The fourth-order valence-electron chi connectivity index (χ4n) is 6.14. The Morgan fingerprint density at radius 1 is 0.804 bits per heavy atom. The number of urea groups is 1. The number of esters is 1. The van der Waals surface area contributed by atoms with Crippen molar-refractivity contribution in [1.29, 1.82) is 0 Å². The monoisotopic (exact) mass is 618 g/mol. The fraction of sp³-hybridized carbons (Fsp3) is 0.308. The molecule has 0 bridgehead atoms. The van der Waals surface area contributed by atoms with Crippen LogP contribution in [0.2, 0.25) is 0 Å². The molecule has 0 saturated carbocycles. The Morgan fingerprint density at radius 3 is 2.11 bits per heavy atom. The zero-order chi connectivity index (χ0) is 32.5. The van der Waals surface area contributed by atoms with Gasteiger partial charge in [0.05, 0.1) is 6.42 Å². The molecule has 1 unspecified atom stereocenters. The van der Waals surface area contributed by atoms with Crippen molar-refractivity contribution in [3.63, 3.8) is 0 Å². The molecule has 7 heteroatoms. The van der Waals surface area contributed by atoms with Gasteiger partial charge in [-0.1, -0.05) is 117 Å². The Morgan fingerprint density at radius 2 is 1.43 bits per heavy atom. The second kappa shape index (κ2) is 15.4. The number of aryl methyl sites for hydroxylation is 2. The van der Waals surface area contributed by atoms with Crippen LogP contribution in [0, 0.1) is 5.92 Å². The van der Waals surface area contributed by atoms with E-state index in [0.29, 0.717) is 6.54 Å². The molecule has 0 radical (unpaired) electrons. The number of carbonyl (C=O) groups excluding carboxylic acids is 2. The van der Waals surface area contributed by atoms with E-state index in [4.69, 9.17) is 4.74 Å². The Kier molecular flexibility index (Phi) is 10.9. The summed E-state index contributed by atoms with van der Waals surface area (Å²) in [4.78, 5) is 40.8. The van der Waals surface area contributed by atoms with Crippen molar-refractivity contribution in [3.8, 4) is 11.1 Å². The van der Waals surface area contributed by atoms with E-state index in [1.54, 1.807) is 0 Å². The molecule has 238 valence electrons. The van der Waals surface area contributed by atoms with Gasteiger partial charge < -0.3 is 20.1 Å². The lowest BCUT2D eigenvalue weighted by Crippen LogP contribution is -2.51. The third-order valence-electron chi connectivity index (χ3n) is 8.44. The number of carbonyl (C=O) groups is 3. The van der Waals surface area contributed by atoms with Crippen LogP contribution in [-0.4, -0.2) is 47.1 Å². The van der Waals surface area contributed by atoms with Gasteiger partial charge in [-0.25, -0.2) is 9.59 Å². The number of carboxylic acid groups (broad SMARTS) is 1. The Labute approximate surface area is 271 Å².